The Kier molecular flexibility index (Phi) is 1.79. The molecule has 1 aliphatic heterocycles. The van der Waals surface area contributed by atoms with Crippen molar-refractivity contribution in [3.05, 3.63) is 0 Å². The van der Waals surface area contributed by atoms with Gasteiger partial charge in [-0.1, -0.05) is 0 Å². The van der Waals surface area contributed by atoms with E-state index in [4.69, 9.17) is 9.11 Å². The Morgan fingerprint density at radius 2 is 2.22 bits per heavy atom. The molecule has 1 fully saturated rings. The zero-order valence-corrected chi connectivity index (χ0v) is 5.80. The van der Waals surface area contributed by atoms with Crippen LogP contribution in [0.25, 0.3) is 0 Å². The molecule has 2 N–H and O–H groups in total. The first-order chi connectivity index (χ1) is 4.14. The van der Waals surface area contributed by atoms with Gasteiger partial charge in [0.2, 0.25) is 0 Å². The van der Waals surface area contributed by atoms with E-state index in [1.165, 1.54) is 0 Å². The van der Waals surface area contributed by atoms with Crippen molar-refractivity contribution in [3.8, 4) is 0 Å². The number of carbonyl (C=O) groups is 1. The van der Waals surface area contributed by atoms with Crippen molar-refractivity contribution in [2.75, 3.05) is 11.5 Å². The Labute approximate surface area is 55.4 Å². The first-order valence-corrected chi connectivity index (χ1v) is 4.71. The molecule has 3 nitrogen and oxygen atoms in total. The van der Waals surface area contributed by atoms with Crippen LogP contribution in [0.1, 0.15) is 6.42 Å². The Bertz CT molecular complexity index is 123. The summed E-state index contributed by atoms with van der Waals surface area (Å²) in [7, 11) is -2.34. The van der Waals surface area contributed by atoms with Gasteiger partial charge in [0.1, 0.15) is 6.29 Å². The van der Waals surface area contributed by atoms with Gasteiger partial charge in [-0.3, -0.25) is 9.11 Å². The van der Waals surface area contributed by atoms with Crippen molar-refractivity contribution >= 4 is 16.9 Å². The van der Waals surface area contributed by atoms with Crippen molar-refractivity contribution in [2.45, 2.75) is 6.42 Å². The zero-order valence-electron chi connectivity index (χ0n) is 4.99. The number of hydrogen-bond acceptors (Lipinski definition) is 3. The summed E-state index contributed by atoms with van der Waals surface area (Å²) in [6.07, 6.45) is 1.45. The van der Waals surface area contributed by atoms with Crippen molar-refractivity contribution in [2.24, 2.45) is 5.92 Å². The lowest BCUT2D eigenvalue weighted by Gasteiger charge is -2.25. The van der Waals surface area contributed by atoms with E-state index in [0.29, 0.717) is 12.2 Å². The average molecular weight is 150 g/mol. The molecule has 1 saturated heterocycles. The monoisotopic (exact) mass is 150 g/mol. The van der Waals surface area contributed by atoms with Crippen LogP contribution in [-0.4, -0.2) is 26.9 Å². The van der Waals surface area contributed by atoms with Crippen LogP contribution in [0.3, 0.4) is 0 Å². The van der Waals surface area contributed by atoms with Crippen LogP contribution in [0.2, 0.25) is 0 Å². The SMILES string of the molecule is O=CC1CCS(O)(O)C1. The lowest BCUT2D eigenvalue weighted by atomic mass is 10.2. The lowest BCUT2D eigenvalue weighted by Crippen LogP contribution is -2.02. The van der Waals surface area contributed by atoms with Crippen LogP contribution in [0.15, 0.2) is 0 Å². The van der Waals surface area contributed by atoms with Crippen molar-refractivity contribution < 1.29 is 13.9 Å². The second-order valence-corrected chi connectivity index (χ2v) is 4.70. The molecule has 1 heterocycles. The molecule has 4 heteroatoms. The molecular weight excluding hydrogens is 140 g/mol. The minimum Gasteiger partial charge on any atom is -0.303 e. The molecule has 0 amide bonds. The quantitative estimate of drug-likeness (QED) is 0.547. The topological polar surface area (TPSA) is 57.5 Å². The third kappa shape index (κ3) is 1.67. The molecule has 0 bridgehead atoms. The summed E-state index contributed by atoms with van der Waals surface area (Å²) >= 11 is 0. The highest BCUT2D eigenvalue weighted by Gasteiger charge is 2.27. The van der Waals surface area contributed by atoms with Crippen LogP contribution in [0.4, 0.5) is 0 Å². The second-order valence-electron chi connectivity index (χ2n) is 2.36. The summed E-state index contributed by atoms with van der Waals surface area (Å²) in [5.41, 5.74) is 0. The molecule has 0 aromatic rings. The number of aldehydes is 1. The third-order valence-electron chi connectivity index (χ3n) is 1.49. The van der Waals surface area contributed by atoms with E-state index in [9.17, 15) is 4.79 Å². The predicted molar refractivity (Wildman–Crippen MR) is 36.8 cm³/mol. The fourth-order valence-electron chi connectivity index (χ4n) is 0.957. The molecule has 0 saturated carbocycles. The Morgan fingerprint density at radius 1 is 1.56 bits per heavy atom. The molecule has 1 rings (SSSR count). The summed E-state index contributed by atoms with van der Waals surface area (Å²) in [6, 6.07) is 0. The molecule has 54 valence electrons. The molecule has 9 heavy (non-hydrogen) atoms. The van der Waals surface area contributed by atoms with Gasteiger partial charge < -0.3 is 4.79 Å². The van der Waals surface area contributed by atoms with Gasteiger partial charge in [0.05, 0.1) is 0 Å². The fourth-order valence-corrected chi connectivity index (χ4v) is 2.73. The van der Waals surface area contributed by atoms with E-state index in [2.05, 4.69) is 0 Å². The molecular formula is C5H10O3S. The minimum atomic E-state index is -2.34. The Balaban J connectivity index is 2.47. The first kappa shape index (κ1) is 7.05. The van der Waals surface area contributed by atoms with Gasteiger partial charge in [0, 0.05) is 17.4 Å². The van der Waals surface area contributed by atoms with Crippen LogP contribution in [0.5, 0.6) is 0 Å². The van der Waals surface area contributed by atoms with Crippen molar-refractivity contribution in [1.82, 2.24) is 0 Å². The highest BCUT2D eigenvalue weighted by Crippen LogP contribution is 2.47. The van der Waals surface area contributed by atoms with E-state index in [1.807, 2.05) is 0 Å². The van der Waals surface area contributed by atoms with Gasteiger partial charge in [-0.2, -0.15) is 10.6 Å². The summed E-state index contributed by atoms with van der Waals surface area (Å²) in [5.74, 6) is 0.599. The van der Waals surface area contributed by atoms with E-state index in [-0.39, 0.29) is 11.7 Å². The summed E-state index contributed by atoms with van der Waals surface area (Å²) in [6.45, 7) is 0. The molecule has 0 radical (unpaired) electrons. The maximum atomic E-state index is 10.1. The van der Waals surface area contributed by atoms with Crippen LogP contribution in [-0.2, 0) is 4.79 Å². The van der Waals surface area contributed by atoms with E-state index in [1.54, 1.807) is 0 Å². The zero-order chi connectivity index (χ0) is 6.91. The largest absolute Gasteiger partial charge is 0.303 e. The smallest absolute Gasteiger partial charge is 0.124 e. The average Bonchev–Trinajstić information content (AvgIpc) is 2.10. The maximum Gasteiger partial charge on any atom is 0.124 e. The summed E-state index contributed by atoms with van der Waals surface area (Å²) in [5, 5.41) is 0. The van der Waals surface area contributed by atoms with Crippen LogP contribution in [0, 0.1) is 5.92 Å². The number of carbonyl (C=O) groups excluding carboxylic acids is 1. The van der Waals surface area contributed by atoms with Gasteiger partial charge in [-0.05, 0) is 6.42 Å². The Morgan fingerprint density at radius 3 is 2.44 bits per heavy atom. The number of rotatable bonds is 1. The molecule has 1 atom stereocenters. The fraction of sp³-hybridized carbons (Fsp3) is 0.800. The minimum absolute atomic E-state index is 0.102. The van der Waals surface area contributed by atoms with Gasteiger partial charge in [0.15, 0.2) is 0 Å². The summed E-state index contributed by atoms with van der Waals surface area (Å²) in [4.78, 5) is 10.1. The van der Waals surface area contributed by atoms with Crippen molar-refractivity contribution in [1.29, 1.82) is 0 Å². The van der Waals surface area contributed by atoms with Gasteiger partial charge in [0.25, 0.3) is 0 Å². The van der Waals surface area contributed by atoms with E-state index in [0.717, 1.165) is 6.29 Å². The highest BCUT2D eigenvalue weighted by molar-refractivity contribution is 8.24. The molecule has 0 aromatic heterocycles. The van der Waals surface area contributed by atoms with Crippen LogP contribution < -0.4 is 0 Å². The standard InChI is InChI=1S/C5H10O3S/c6-3-5-1-2-9(7,8)4-5/h3,5,7-8H,1-2,4H2. The third-order valence-corrected chi connectivity index (χ3v) is 3.34. The first-order valence-electron chi connectivity index (χ1n) is 2.83. The number of hydrogen-bond donors (Lipinski definition) is 2. The lowest BCUT2D eigenvalue weighted by molar-refractivity contribution is -0.110. The molecule has 0 aliphatic carbocycles. The molecule has 0 spiro atoms. The van der Waals surface area contributed by atoms with E-state index >= 15 is 0 Å². The molecule has 1 unspecified atom stereocenters. The van der Waals surface area contributed by atoms with Crippen LogP contribution >= 0.6 is 10.6 Å². The normalized spacial score (nSPS) is 36.0. The molecule has 0 aromatic carbocycles. The maximum absolute atomic E-state index is 10.1. The summed E-state index contributed by atoms with van der Waals surface area (Å²) < 4.78 is 18.0. The van der Waals surface area contributed by atoms with Crippen molar-refractivity contribution in [3.63, 3.8) is 0 Å². The van der Waals surface area contributed by atoms with Gasteiger partial charge in [-0.25, -0.2) is 0 Å². The van der Waals surface area contributed by atoms with E-state index < -0.39 is 10.6 Å². The van der Waals surface area contributed by atoms with Gasteiger partial charge in [-0.15, -0.1) is 0 Å². The second kappa shape index (κ2) is 2.28. The molecule has 1 aliphatic rings. The van der Waals surface area contributed by atoms with Gasteiger partial charge >= 0.3 is 0 Å². The Hall–Kier alpha value is -0.0600. The highest BCUT2D eigenvalue weighted by atomic mass is 32.3. The predicted octanol–water partition coefficient (Wildman–Crippen LogP) is 0.956.